The predicted octanol–water partition coefficient (Wildman–Crippen LogP) is 2.31. The Balaban J connectivity index is 2.25. The summed E-state index contributed by atoms with van der Waals surface area (Å²) in [4.78, 5) is 48.0. The van der Waals surface area contributed by atoms with Gasteiger partial charge in [0.15, 0.2) is 11.6 Å². The molecule has 0 aliphatic heterocycles. The van der Waals surface area contributed by atoms with Crippen LogP contribution >= 0.6 is 0 Å². The molecule has 0 spiro atoms. The molecule has 0 aromatic heterocycles. The summed E-state index contributed by atoms with van der Waals surface area (Å²) >= 11 is 0. The summed E-state index contributed by atoms with van der Waals surface area (Å²) in [6.07, 6.45) is 0. The Kier molecular flexibility index (Phi) is 3.73. The number of rotatable bonds is 2. The molecule has 0 heterocycles. The third kappa shape index (κ3) is 2.58. The van der Waals surface area contributed by atoms with E-state index in [-0.39, 0.29) is 33.8 Å². The van der Waals surface area contributed by atoms with Crippen molar-refractivity contribution in [2.24, 2.45) is 0 Å². The second kappa shape index (κ2) is 5.73. The van der Waals surface area contributed by atoms with E-state index in [9.17, 15) is 19.2 Å². The number of carbonyl (C=O) groups is 4. The molecule has 0 radical (unpaired) electrons. The highest BCUT2D eigenvalue weighted by atomic mass is 16.5. The van der Waals surface area contributed by atoms with Crippen LogP contribution in [0.25, 0.3) is 0 Å². The SMILES string of the molecule is CC(=O)Oc1cc(OC(C)=O)c2c(c1)C(=O)c1ccccc1C2=O. The molecule has 120 valence electrons. The van der Waals surface area contributed by atoms with E-state index in [2.05, 4.69) is 0 Å². The van der Waals surface area contributed by atoms with E-state index in [1.54, 1.807) is 18.2 Å². The molecule has 3 rings (SSSR count). The van der Waals surface area contributed by atoms with Crippen LogP contribution in [-0.4, -0.2) is 23.5 Å². The number of benzene rings is 2. The standard InChI is InChI=1S/C18H12O6/c1-9(19)23-11-7-14-16(15(8-11)24-10(2)20)18(22)13-6-4-3-5-12(13)17(14)21/h3-8H,1-2H3. The zero-order chi connectivity index (χ0) is 17.4. The van der Waals surface area contributed by atoms with Crippen molar-refractivity contribution in [1.82, 2.24) is 0 Å². The molecule has 0 fully saturated rings. The summed E-state index contributed by atoms with van der Waals surface area (Å²) in [5.41, 5.74) is 0.519. The van der Waals surface area contributed by atoms with Crippen molar-refractivity contribution in [3.63, 3.8) is 0 Å². The molecule has 2 aromatic carbocycles. The average Bonchev–Trinajstić information content (AvgIpc) is 2.51. The Morgan fingerprint density at radius 3 is 1.96 bits per heavy atom. The normalized spacial score (nSPS) is 12.2. The van der Waals surface area contributed by atoms with Gasteiger partial charge in [-0.1, -0.05) is 24.3 Å². The number of ketones is 2. The van der Waals surface area contributed by atoms with Gasteiger partial charge in [-0.15, -0.1) is 0 Å². The van der Waals surface area contributed by atoms with Crippen molar-refractivity contribution in [1.29, 1.82) is 0 Å². The fourth-order valence-corrected chi connectivity index (χ4v) is 2.62. The smallest absolute Gasteiger partial charge is 0.308 e. The monoisotopic (exact) mass is 324 g/mol. The first-order valence-electron chi connectivity index (χ1n) is 7.12. The molecule has 1 aliphatic carbocycles. The van der Waals surface area contributed by atoms with Crippen LogP contribution in [0.2, 0.25) is 0 Å². The molecule has 6 nitrogen and oxygen atoms in total. The zero-order valence-electron chi connectivity index (χ0n) is 12.9. The Bertz CT molecular complexity index is 910. The van der Waals surface area contributed by atoms with Crippen molar-refractivity contribution in [2.45, 2.75) is 13.8 Å². The summed E-state index contributed by atoms with van der Waals surface area (Å²) in [6, 6.07) is 8.94. The molecule has 0 atom stereocenters. The minimum absolute atomic E-state index is 0.00944. The van der Waals surface area contributed by atoms with Crippen LogP contribution in [-0.2, 0) is 9.59 Å². The van der Waals surface area contributed by atoms with E-state index in [0.717, 1.165) is 0 Å². The van der Waals surface area contributed by atoms with E-state index >= 15 is 0 Å². The first kappa shape index (κ1) is 15.6. The number of esters is 2. The van der Waals surface area contributed by atoms with Gasteiger partial charge >= 0.3 is 11.9 Å². The summed E-state index contributed by atoms with van der Waals surface area (Å²) in [7, 11) is 0. The lowest BCUT2D eigenvalue weighted by Gasteiger charge is -2.20. The molecule has 0 unspecified atom stereocenters. The fourth-order valence-electron chi connectivity index (χ4n) is 2.62. The Hall–Kier alpha value is -3.28. The van der Waals surface area contributed by atoms with E-state index in [0.29, 0.717) is 0 Å². The molecule has 0 saturated carbocycles. The van der Waals surface area contributed by atoms with Gasteiger partial charge in [0.1, 0.15) is 11.5 Å². The van der Waals surface area contributed by atoms with E-state index < -0.39 is 23.5 Å². The first-order valence-corrected chi connectivity index (χ1v) is 7.12. The largest absolute Gasteiger partial charge is 0.427 e. The van der Waals surface area contributed by atoms with Crippen molar-refractivity contribution in [2.75, 3.05) is 0 Å². The van der Waals surface area contributed by atoms with Crippen LogP contribution in [0.4, 0.5) is 0 Å². The minimum atomic E-state index is -0.656. The van der Waals surface area contributed by atoms with E-state index in [1.807, 2.05) is 0 Å². The van der Waals surface area contributed by atoms with Gasteiger partial charge in [0.2, 0.25) is 0 Å². The summed E-state index contributed by atoms with van der Waals surface area (Å²) in [6.45, 7) is 2.38. The third-order valence-electron chi connectivity index (χ3n) is 3.48. The molecule has 6 heteroatoms. The van der Waals surface area contributed by atoms with Gasteiger partial charge in [0.25, 0.3) is 0 Å². The maximum atomic E-state index is 12.7. The predicted molar refractivity (Wildman–Crippen MR) is 82.4 cm³/mol. The first-order chi connectivity index (χ1) is 11.4. The second-order valence-electron chi connectivity index (χ2n) is 5.24. The average molecular weight is 324 g/mol. The van der Waals surface area contributed by atoms with Gasteiger partial charge in [-0.2, -0.15) is 0 Å². The molecule has 0 bridgehead atoms. The molecule has 1 aliphatic rings. The lowest BCUT2D eigenvalue weighted by Crippen LogP contribution is -2.22. The maximum absolute atomic E-state index is 12.7. The molecule has 0 amide bonds. The van der Waals surface area contributed by atoms with Crippen LogP contribution in [0.5, 0.6) is 11.5 Å². The topological polar surface area (TPSA) is 86.7 Å². The lowest BCUT2D eigenvalue weighted by atomic mass is 9.83. The van der Waals surface area contributed by atoms with Gasteiger partial charge in [-0.05, 0) is 6.07 Å². The Labute approximate surface area is 137 Å². The molecule has 24 heavy (non-hydrogen) atoms. The Morgan fingerprint density at radius 1 is 0.792 bits per heavy atom. The molecular weight excluding hydrogens is 312 g/mol. The highest BCUT2D eigenvalue weighted by molar-refractivity contribution is 6.29. The van der Waals surface area contributed by atoms with Crippen LogP contribution in [0.15, 0.2) is 36.4 Å². The van der Waals surface area contributed by atoms with Gasteiger partial charge in [-0.3, -0.25) is 19.2 Å². The van der Waals surface area contributed by atoms with E-state index in [4.69, 9.17) is 9.47 Å². The second-order valence-corrected chi connectivity index (χ2v) is 5.24. The highest BCUT2D eigenvalue weighted by Gasteiger charge is 2.33. The van der Waals surface area contributed by atoms with Crippen molar-refractivity contribution in [3.05, 3.63) is 58.7 Å². The molecule has 0 N–H and O–H groups in total. The van der Waals surface area contributed by atoms with Crippen molar-refractivity contribution >= 4 is 23.5 Å². The van der Waals surface area contributed by atoms with Gasteiger partial charge in [0, 0.05) is 36.6 Å². The quantitative estimate of drug-likeness (QED) is 0.531. The third-order valence-corrected chi connectivity index (χ3v) is 3.48. The van der Waals surface area contributed by atoms with E-state index in [1.165, 1.54) is 32.0 Å². The summed E-state index contributed by atoms with van der Waals surface area (Å²) in [5, 5.41) is 0. The lowest BCUT2D eigenvalue weighted by molar-refractivity contribution is -0.132. The number of hydrogen-bond donors (Lipinski definition) is 0. The number of hydrogen-bond acceptors (Lipinski definition) is 6. The minimum Gasteiger partial charge on any atom is -0.427 e. The van der Waals surface area contributed by atoms with Gasteiger partial charge in [-0.25, -0.2) is 0 Å². The number of fused-ring (bicyclic) bond motifs is 2. The number of ether oxygens (including phenoxy) is 2. The van der Waals surface area contributed by atoms with Crippen LogP contribution in [0.3, 0.4) is 0 Å². The van der Waals surface area contributed by atoms with Gasteiger partial charge < -0.3 is 9.47 Å². The maximum Gasteiger partial charge on any atom is 0.308 e. The highest BCUT2D eigenvalue weighted by Crippen LogP contribution is 2.36. The van der Waals surface area contributed by atoms with Crippen molar-refractivity contribution < 1.29 is 28.7 Å². The fraction of sp³-hybridized carbons (Fsp3) is 0.111. The molecular formula is C18H12O6. The van der Waals surface area contributed by atoms with Crippen molar-refractivity contribution in [3.8, 4) is 11.5 Å². The van der Waals surface area contributed by atoms with Crippen LogP contribution in [0.1, 0.15) is 45.7 Å². The molecule has 2 aromatic rings. The van der Waals surface area contributed by atoms with Crippen LogP contribution in [0, 0.1) is 0 Å². The van der Waals surface area contributed by atoms with Crippen LogP contribution < -0.4 is 9.47 Å². The summed E-state index contributed by atoms with van der Waals surface area (Å²) in [5.74, 6) is -2.16. The number of carbonyl (C=O) groups excluding carboxylic acids is 4. The summed E-state index contributed by atoms with van der Waals surface area (Å²) < 4.78 is 10.0. The Morgan fingerprint density at radius 2 is 1.38 bits per heavy atom. The van der Waals surface area contributed by atoms with Gasteiger partial charge in [0.05, 0.1) is 5.56 Å². The molecule has 0 saturated heterocycles. The zero-order valence-corrected chi connectivity index (χ0v) is 12.9.